The fraction of sp³-hybridized carbons (Fsp3) is 0.345. The summed E-state index contributed by atoms with van der Waals surface area (Å²) in [6.07, 6.45) is 4.41. The highest BCUT2D eigenvalue weighted by Crippen LogP contribution is 2.39. The number of likely N-dealkylation sites (tertiary alicyclic amines) is 1. The van der Waals surface area contributed by atoms with Gasteiger partial charge in [-0.3, -0.25) is 4.79 Å². The number of piperidine rings is 1. The number of sulfone groups is 1. The number of nitrogens with one attached hydrogen (secondary N) is 1. The van der Waals surface area contributed by atoms with Gasteiger partial charge in [-0.2, -0.15) is 0 Å². The highest BCUT2D eigenvalue weighted by atomic mass is 32.2. The van der Waals surface area contributed by atoms with E-state index in [9.17, 15) is 13.2 Å². The molecule has 1 unspecified atom stereocenters. The molecule has 0 saturated carbocycles. The van der Waals surface area contributed by atoms with Crippen LogP contribution < -0.4 is 5.32 Å². The maximum atomic E-state index is 14.0. The maximum Gasteiger partial charge on any atom is 0.228 e. The van der Waals surface area contributed by atoms with Crippen LogP contribution in [-0.2, 0) is 14.6 Å². The van der Waals surface area contributed by atoms with E-state index in [0.29, 0.717) is 11.4 Å². The van der Waals surface area contributed by atoms with Gasteiger partial charge in [0.05, 0.1) is 16.9 Å². The van der Waals surface area contributed by atoms with E-state index in [1.807, 2.05) is 30.3 Å². The summed E-state index contributed by atoms with van der Waals surface area (Å²) >= 11 is 0. The Hall–Kier alpha value is -2.96. The molecule has 0 spiro atoms. The molecule has 1 amide bonds. The summed E-state index contributed by atoms with van der Waals surface area (Å²) in [7, 11) is -3.25. The first-order valence-corrected chi connectivity index (χ1v) is 14.3. The minimum absolute atomic E-state index is 0.0617. The fourth-order valence-corrected chi connectivity index (χ4v) is 6.29. The zero-order chi connectivity index (χ0) is 24.4. The SMILES string of the molecule is CS(=O)(=O)c1ccc(-c2ccccc2[C@@H]2CNC[C@H]2C(=O)N2CCCCC2c2ccccc2)cc1. The third-order valence-electron chi connectivity index (χ3n) is 7.46. The van der Waals surface area contributed by atoms with Crippen LogP contribution in [0.2, 0.25) is 0 Å². The van der Waals surface area contributed by atoms with Gasteiger partial charge < -0.3 is 10.2 Å². The molecular formula is C29H32N2O3S. The first kappa shape index (κ1) is 23.8. The minimum Gasteiger partial charge on any atom is -0.335 e. The van der Waals surface area contributed by atoms with E-state index in [1.165, 1.54) is 11.8 Å². The minimum atomic E-state index is -3.25. The summed E-state index contributed by atoms with van der Waals surface area (Å²) in [5, 5.41) is 3.48. The lowest BCUT2D eigenvalue weighted by atomic mass is 9.82. The van der Waals surface area contributed by atoms with Crippen LogP contribution in [0.15, 0.2) is 83.8 Å². The van der Waals surface area contributed by atoms with Crippen LogP contribution in [0.1, 0.15) is 42.3 Å². The van der Waals surface area contributed by atoms with E-state index in [-0.39, 0.29) is 23.8 Å². The standard InChI is InChI=1S/C29H32N2O3S/c1-35(33,34)23-16-14-21(15-17-23)24-11-5-6-12-25(24)26-19-30-20-27(26)29(32)31-18-8-7-13-28(31)22-9-3-2-4-10-22/h2-6,9-12,14-17,26-28,30H,7-8,13,18-20H2,1H3/t26-,27+,28?/m0/s1. The van der Waals surface area contributed by atoms with E-state index in [2.05, 4.69) is 46.6 Å². The quantitative estimate of drug-likeness (QED) is 0.560. The van der Waals surface area contributed by atoms with Crippen LogP contribution in [-0.4, -0.2) is 45.1 Å². The van der Waals surface area contributed by atoms with Gasteiger partial charge in [0.2, 0.25) is 5.91 Å². The molecule has 6 heteroatoms. The molecule has 0 bridgehead atoms. The van der Waals surface area contributed by atoms with Crippen LogP contribution >= 0.6 is 0 Å². The van der Waals surface area contributed by atoms with Crippen LogP contribution in [0.5, 0.6) is 0 Å². The van der Waals surface area contributed by atoms with Crippen LogP contribution in [0, 0.1) is 5.92 Å². The van der Waals surface area contributed by atoms with Crippen molar-refractivity contribution in [2.75, 3.05) is 25.9 Å². The molecule has 5 rings (SSSR count). The molecule has 2 heterocycles. The molecule has 1 N–H and O–H groups in total. The van der Waals surface area contributed by atoms with Gasteiger partial charge in [0.25, 0.3) is 0 Å². The summed E-state index contributed by atoms with van der Waals surface area (Å²) < 4.78 is 23.8. The number of hydrogen-bond donors (Lipinski definition) is 1. The Morgan fingerprint density at radius 2 is 1.60 bits per heavy atom. The fourth-order valence-electron chi connectivity index (χ4n) is 5.66. The number of carbonyl (C=O) groups excluding carboxylic acids is 1. The summed E-state index contributed by atoms with van der Waals surface area (Å²) in [5.74, 6) is 0.165. The lowest BCUT2D eigenvalue weighted by Crippen LogP contribution is -2.43. The number of carbonyl (C=O) groups is 1. The van der Waals surface area contributed by atoms with Crippen molar-refractivity contribution in [1.29, 1.82) is 0 Å². The largest absolute Gasteiger partial charge is 0.335 e. The normalized spacial score (nSPS) is 22.8. The first-order valence-electron chi connectivity index (χ1n) is 12.4. The lowest BCUT2D eigenvalue weighted by molar-refractivity contribution is -0.139. The molecule has 3 aromatic carbocycles. The molecule has 0 aromatic heterocycles. The number of rotatable bonds is 5. The van der Waals surface area contributed by atoms with Gasteiger partial charge in [0, 0.05) is 31.8 Å². The Morgan fingerprint density at radius 3 is 2.34 bits per heavy atom. The average molecular weight is 489 g/mol. The first-order chi connectivity index (χ1) is 16.9. The second-order valence-corrected chi connectivity index (χ2v) is 11.7. The van der Waals surface area contributed by atoms with E-state index in [4.69, 9.17) is 0 Å². The Morgan fingerprint density at radius 1 is 0.886 bits per heavy atom. The van der Waals surface area contributed by atoms with Crippen molar-refractivity contribution in [2.45, 2.75) is 36.1 Å². The van der Waals surface area contributed by atoms with Crippen LogP contribution in [0.25, 0.3) is 11.1 Å². The highest BCUT2D eigenvalue weighted by molar-refractivity contribution is 7.90. The number of amides is 1. The molecule has 35 heavy (non-hydrogen) atoms. The Bertz CT molecular complexity index is 1290. The van der Waals surface area contributed by atoms with Crippen molar-refractivity contribution in [1.82, 2.24) is 10.2 Å². The molecule has 182 valence electrons. The summed E-state index contributed by atoms with van der Waals surface area (Å²) in [6, 6.07) is 25.8. The van der Waals surface area contributed by atoms with Gasteiger partial charge in [0.1, 0.15) is 0 Å². The van der Waals surface area contributed by atoms with E-state index < -0.39 is 9.84 Å². The van der Waals surface area contributed by atoms with Crippen LogP contribution in [0.4, 0.5) is 0 Å². The summed E-state index contributed by atoms with van der Waals surface area (Å²) in [6.45, 7) is 2.22. The monoisotopic (exact) mass is 488 g/mol. The Kier molecular flexibility index (Phi) is 6.76. The van der Waals surface area contributed by atoms with Crippen molar-refractivity contribution in [3.05, 3.63) is 90.0 Å². The molecule has 3 aromatic rings. The van der Waals surface area contributed by atoms with Crippen molar-refractivity contribution < 1.29 is 13.2 Å². The van der Waals surface area contributed by atoms with Gasteiger partial charge in [-0.05, 0) is 53.6 Å². The third kappa shape index (κ3) is 4.91. The summed E-state index contributed by atoms with van der Waals surface area (Å²) in [5.41, 5.74) is 4.37. The molecule has 2 aliphatic rings. The van der Waals surface area contributed by atoms with Gasteiger partial charge in [-0.15, -0.1) is 0 Å². The molecule has 2 saturated heterocycles. The molecule has 2 aliphatic heterocycles. The third-order valence-corrected chi connectivity index (χ3v) is 8.58. The number of hydrogen-bond acceptors (Lipinski definition) is 4. The highest BCUT2D eigenvalue weighted by Gasteiger charge is 2.40. The van der Waals surface area contributed by atoms with E-state index >= 15 is 0 Å². The van der Waals surface area contributed by atoms with Gasteiger partial charge in [-0.25, -0.2) is 8.42 Å². The van der Waals surface area contributed by atoms with Crippen molar-refractivity contribution in [3.63, 3.8) is 0 Å². The molecular weight excluding hydrogens is 456 g/mol. The van der Waals surface area contributed by atoms with Crippen LogP contribution in [0.3, 0.4) is 0 Å². The lowest BCUT2D eigenvalue weighted by Gasteiger charge is -2.38. The van der Waals surface area contributed by atoms with E-state index in [1.54, 1.807) is 12.1 Å². The maximum absolute atomic E-state index is 14.0. The predicted octanol–water partition coefficient (Wildman–Crippen LogP) is 4.81. The predicted molar refractivity (Wildman–Crippen MR) is 139 cm³/mol. The van der Waals surface area contributed by atoms with Crippen molar-refractivity contribution >= 4 is 15.7 Å². The van der Waals surface area contributed by atoms with Crippen molar-refractivity contribution in [2.24, 2.45) is 5.92 Å². The van der Waals surface area contributed by atoms with Gasteiger partial charge in [0.15, 0.2) is 9.84 Å². The zero-order valence-corrected chi connectivity index (χ0v) is 20.9. The topological polar surface area (TPSA) is 66.5 Å². The van der Waals surface area contributed by atoms with Gasteiger partial charge >= 0.3 is 0 Å². The number of benzene rings is 3. The average Bonchev–Trinajstić information content (AvgIpc) is 3.38. The number of nitrogens with zero attached hydrogens (tertiary/aromatic N) is 1. The second-order valence-electron chi connectivity index (χ2n) is 9.71. The Balaban J connectivity index is 1.45. The molecule has 5 nitrogen and oxygen atoms in total. The summed E-state index contributed by atoms with van der Waals surface area (Å²) in [4.78, 5) is 16.4. The molecule has 0 radical (unpaired) electrons. The van der Waals surface area contributed by atoms with Crippen molar-refractivity contribution in [3.8, 4) is 11.1 Å². The molecule has 3 atom stereocenters. The zero-order valence-electron chi connectivity index (χ0n) is 20.1. The Labute approximate surface area is 208 Å². The van der Waals surface area contributed by atoms with E-state index in [0.717, 1.165) is 49.0 Å². The smallest absolute Gasteiger partial charge is 0.228 e. The molecule has 2 fully saturated rings. The molecule has 0 aliphatic carbocycles. The second kappa shape index (κ2) is 9.96. The van der Waals surface area contributed by atoms with Gasteiger partial charge in [-0.1, -0.05) is 66.7 Å².